The van der Waals surface area contributed by atoms with Crippen molar-refractivity contribution in [2.45, 2.75) is 84.5 Å². The van der Waals surface area contributed by atoms with Gasteiger partial charge in [0.1, 0.15) is 5.78 Å². The zero-order valence-corrected chi connectivity index (χ0v) is 14.2. The molecule has 0 aliphatic heterocycles. The van der Waals surface area contributed by atoms with Gasteiger partial charge in [0, 0.05) is 12.8 Å². The van der Waals surface area contributed by atoms with Crippen molar-refractivity contribution in [3.05, 3.63) is 36.5 Å². The van der Waals surface area contributed by atoms with Crippen LogP contribution in [0.3, 0.4) is 0 Å². The molecule has 0 N–H and O–H groups in total. The molecule has 0 atom stereocenters. The smallest absolute Gasteiger partial charge is 0.132 e. The summed E-state index contributed by atoms with van der Waals surface area (Å²) in [6.07, 6.45) is 25.5. The average Bonchev–Trinajstić information content (AvgIpc) is 2.50. The van der Waals surface area contributed by atoms with E-state index >= 15 is 0 Å². The van der Waals surface area contributed by atoms with Gasteiger partial charge in [-0.2, -0.15) is 0 Å². The maximum atomic E-state index is 11.1. The predicted molar refractivity (Wildman–Crippen MR) is 94.6 cm³/mol. The predicted octanol–water partition coefficient (Wildman–Crippen LogP) is 6.56. The van der Waals surface area contributed by atoms with E-state index in [-0.39, 0.29) is 0 Å². The topological polar surface area (TPSA) is 17.1 Å². The van der Waals surface area contributed by atoms with Crippen LogP contribution in [0.1, 0.15) is 84.5 Å². The number of allylic oxidation sites excluding steroid dienone is 6. The van der Waals surface area contributed by atoms with Crippen LogP contribution in [0.2, 0.25) is 0 Å². The van der Waals surface area contributed by atoms with Gasteiger partial charge in [0.2, 0.25) is 0 Å². The Hall–Kier alpha value is -1.11. The summed E-state index contributed by atoms with van der Waals surface area (Å²) in [7, 11) is 0. The highest BCUT2D eigenvalue weighted by atomic mass is 16.1. The molecule has 0 aromatic heterocycles. The van der Waals surface area contributed by atoms with Crippen molar-refractivity contribution in [3.63, 3.8) is 0 Å². The van der Waals surface area contributed by atoms with Gasteiger partial charge in [-0.25, -0.2) is 0 Å². The monoisotopic (exact) mass is 290 g/mol. The van der Waals surface area contributed by atoms with Crippen molar-refractivity contribution >= 4 is 5.78 Å². The van der Waals surface area contributed by atoms with Crippen molar-refractivity contribution in [2.24, 2.45) is 0 Å². The SMILES string of the molecule is CC/C=C\C/C=C\C/C=C\CCCCCCCC(=O)CC. The molecule has 0 aliphatic rings. The Kier molecular flexibility index (Phi) is 16.0. The summed E-state index contributed by atoms with van der Waals surface area (Å²) in [5.41, 5.74) is 0. The van der Waals surface area contributed by atoms with Crippen molar-refractivity contribution in [1.82, 2.24) is 0 Å². The standard InChI is InChI=1S/C20H34O/c1-3-5-6-7-8-9-10-11-12-13-14-15-16-17-18-19-20(21)4-2/h5-6,8-9,11-12H,3-4,7,10,13-19H2,1-2H3/b6-5-,9-8-,12-11-. The van der Waals surface area contributed by atoms with Crippen molar-refractivity contribution < 1.29 is 4.79 Å². The van der Waals surface area contributed by atoms with Crippen LogP contribution in [0, 0.1) is 0 Å². The van der Waals surface area contributed by atoms with E-state index in [0.29, 0.717) is 12.2 Å². The van der Waals surface area contributed by atoms with Crippen LogP contribution in [-0.4, -0.2) is 5.78 Å². The molecule has 1 heteroatoms. The van der Waals surface area contributed by atoms with E-state index < -0.39 is 0 Å². The number of unbranched alkanes of at least 4 members (excludes halogenated alkanes) is 5. The Morgan fingerprint density at radius 3 is 1.95 bits per heavy atom. The zero-order chi connectivity index (χ0) is 15.6. The zero-order valence-electron chi connectivity index (χ0n) is 14.2. The van der Waals surface area contributed by atoms with Crippen molar-refractivity contribution in [1.29, 1.82) is 0 Å². The average molecular weight is 290 g/mol. The van der Waals surface area contributed by atoms with Crippen LogP contribution in [0.5, 0.6) is 0 Å². The summed E-state index contributed by atoms with van der Waals surface area (Å²) in [5.74, 6) is 0.413. The molecule has 0 radical (unpaired) electrons. The van der Waals surface area contributed by atoms with Gasteiger partial charge in [-0.05, 0) is 38.5 Å². The van der Waals surface area contributed by atoms with Gasteiger partial charge in [0.25, 0.3) is 0 Å². The molecule has 0 saturated heterocycles. The summed E-state index contributed by atoms with van der Waals surface area (Å²) in [4.78, 5) is 11.1. The molecule has 1 nitrogen and oxygen atoms in total. The summed E-state index contributed by atoms with van der Waals surface area (Å²) in [5, 5.41) is 0. The lowest BCUT2D eigenvalue weighted by Gasteiger charge is -1.99. The van der Waals surface area contributed by atoms with Gasteiger partial charge in [0.05, 0.1) is 0 Å². The number of carbonyl (C=O) groups excluding carboxylic acids is 1. The minimum absolute atomic E-state index is 0.413. The molecular weight excluding hydrogens is 256 g/mol. The minimum Gasteiger partial charge on any atom is -0.300 e. The first-order valence-corrected chi connectivity index (χ1v) is 8.77. The third-order valence-corrected chi connectivity index (χ3v) is 3.50. The Morgan fingerprint density at radius 2 is 1.29 bits per heavy atom. The Morgan fingerprint density at radius 1 is 0.714 bits per heavy atom. The van der Waals surface area contributed by atoms with Gasteiger partial charge in [-0.3, -0.25) is 4.79 Å². The Balaban J connectivity index is 3.25. The number of hydrogen-bond acceptors (Lipinski definition) is 1. The largest absolute Gasteiger partial charge is 0.300 e. The molecular formula is C20H34O. The molecule has 120 valence electrons. The Bertz CT molecular complexity index is 310. The first-order valence-electron chi connectivity index (χ1n) is 8.77. The maximum Gasteiger partial charge on any atom is 0.132 e. The number of hydrogen-bond donors (Lipinski definition) is 0. The lowest BCUT2D eigenvalue weighted by molar-refractivity contribution is -0.118. The van der Waals surface area contributed by atoms with Crippen molar-refractivity contribution in [3.8, 4) is 0 Å². The quantitative estimate of drug-likeness (QED) is 0.262. The number of rotatable bonds is 14. The maximum absolute atomic E-state index is 11.1. The first-order chi connectivity index (χ1) is 10.3. The summed E-state index contributed by atoms with van der Waals surface area (Å²) in [6, 6.07) is 0. The second-order valence-corrected chi connectivity index (χ2v) is 5.49. The first kappa shape index (κ1) is 19.9. The van der Waals surface area contributed by atoms with Gasteiger partial charge in [-0.15, -0.1) is 0 Å². The number of ketones is 1. The van der Waals surface area contributed by atoms with E-state index in [1.165, 1.54) is 32.1 Å². The molecule has 0 heterocycles. The summed E-state index contributed by atoms with van der Waals surface area (Å²) >= 11 is 0. The molecule has 0 spiro atoms. The summed E-state index contributed by atoms with van der Waals surface area (Å²) in [6.45, 7) is 4.11. The second kappa shape index (κ2) is 16.9. The third-order valence-electron chi connectivity index (χ3n) is 3.50. The highest BCUT2D eigenvalue weighted by Crippen LogP contribution is 2.08. The lowest BCUT2D eigenvalue weighted by Crippen LogP contribution is -1.93. The molecule has 0 saturated carbocycles. The van der Waals surface area contributed by atoms with E-state index in [1.54, 1.807) is 0 Å². The fourth-order valence-electron chi connectivity index (χ4n) is 2.12. The van der Waals surface area contributed by atoms with Gasteiger partial charge < -0.3 is 0 Å². The highest BCUT2D eigenvalue weighted by molar-refractivity contribution is 5.77. The van der Waals surface area contributed by atoms with Gasteiger partial charge in [0.15, 0.2) is 0 Å². The highest BCUT2D eigenvalue weighted by Gasteiger charge is 1.97. The lowest BCUT2D eigenvalue weighted by atomic mass is 10.1. The summed E-state index contributed by atoms with van der Waals surface area (Å²) < 4.78 is 0. The molecule has 0 rings (SSSR count). The Labute approximate surface area is 132 Å². The molecule has 21 heavy (non-hydrogen) atoms. The van der Waals surface area contributed by atoms with Crippen LogP contribution >= 0.6 is 0 Å². The van der Waals surface area contributed by atoms with E-state index in [2.05, 4.69) is 43.4 Å². The second-order valence-electron chi connectivity index (χ2n) is 5.49. The van der Waals surface area contributed by atoms with Crippen LogP contribution in [0.15, 0.2) is 36.5 Å². The molecule has 0 fully saturated rings. The molecule has 0 unspecified atom stereocenters. The van der Waals surface area contributed by atoms with Crippen LogP contribution in [0.25, 0.3) is 0 Å². The molecule has 0 bridgehead atoms. The normalized spacial score (nSPS) is 12.1. The fourth-order valence-corrected chi connectivity index (χ4v) is 2.12. The fraction of sp³-hybridized carbons (Fsp3) is 0.650. The molecule has 0 aromatic rings. The molecule has 0 amide bonds. The number of Topliss-reactive ketones (excluding diaryl/α,β-unsaturated/α-hetero) is 1. The van der Waals surface area contributed by atoms with Crippen LogP contribution in [0.4, 0.5) is 0 Å². The third kappa shape index (κ3) is 16.8. The molecule has 0 aromatic carbocycles. The van der Waals surface area contributed by atoms with Crippen molar-refractivity contribution in [2.75, 3.05) is 0 Å². The minimum atomic E-state index is 0.413. The molecule has 0 aliphatic carbocycles. The van der Waals surface area contributed by atoms with E-state index in [4.69, 9.17) is 0 Å². The van der Waals surface area contributed by atoms with E-state index in [0.717, 1.165) is 32.1 Å². The number of carbonyl (C=O) groups is 1. The van der Waals surface area contributed by atoms with E-state index in [9.17, 15) is 4.79 Å². The van der Waals surface area contributed by atoms with E-state index in [1.807, 2.05) is 6.92 Å². The van der Waals surface area contributed by atoms with Crippen LogP contribution < -0.4 is 0 Å². The van der Waals surface area contributed by atoms with Gasteiger partial charge >= 0.3 is 0 Å². The van der Waals surface area contributed by atoms with Crippen LogP contribution in [-0.2, 0) is 4.79 Å². The van der Waals surface area contributed by atoms with Gasteiger partial charge in [-0.1, -0.05) is 69.6 Å².